The minimum Gasteiger partial charge on any atom is -0.220 e. The van der Waals surface area contributed by atoms with Gasteiger partial charge in [0.25, 0.3) is 0 Å². The maximum atomic E-state index is 13.5. The molecule has 2 heteroatoms. The third-order valence-corrected chi connectivity index (χ3v) is 2.93. The Hall–Kier alpha value is -1.18. The Kier molecular flexibility index (Phi) is 3.14. The largest absolute Gasteiger partial charge is 0.220 e. The highest BCUT2D eigenvalue weighted by atomic mass is 19.1. The van der Waals surface area contributed by atoms with Gasteiger partial charge in [-0.1, -0.05) is 19.1 Å². The Morgan fingerprint density at radius 3 is 2.80 bits per heavy atom. The van der Waals surface area contributed by atoms with Crippen molar-refractivity contribution in [1.82, 2.24) is 4.98 Å². The van der Waals surface area contributed by atoms with Gasteiger partial charge in [-0.2, -0.15) is 4.39 Å². The Balaban J connectivity index is 2.29. The minimum absolute atomic E-state index is 0.304. The van der Waals surface area contributed by atoms with Gasteiger partial charge in [-0.15, -0.1) is 0 Å². The fourth-order valence-electron chi connectivity index (χ4n) is 1.98. The number of rotatable bonds is 2. The van der Waals surface area contributed by atoms with Crippen LogP contribution >= 0.6 is 0 Å². The maximum absolute atomic E-state index is 13.5. The van der Waals surface area contributed by atoms with Gasteiger partial charge >= 0.3 is 0 Å². The zero-order chi connectivity index (χ0) is 10.7. The summed E-state index contributed by atoms with van der Waals surface area (Å²) in [5, 5.41) is 0. The summed E-state index contributed by atoms with van der Waals surface area (Å²) in [4.78, 5) is 4.03. The molecule has 0 N–H and O–H groups in total. The monoisotopic (exact) mass is 205 g/mol. The maximum Gasteiger partial charge on any atom is 0.216 e. The second-order valence-corrected chi connectivity index (χ2v) is 3.98. The molecule has 0 bridgehead atoms. The van der Waals surface area contributed by atoms with E-state index in [-0.39, 0.29) is 5.95 Å². The number of aryl methyl sites for hydroxylation is 1. The molecule has 0 fully saturated rings. The Bertz CT molecular complexity index is 382. The molecule has 0 saturated heterocycles. The number of hydrogen-bond acceptors (Lipinski definition) is 1. The fraction of sp³-hybridized carbons (Fsp3) is 0.462. The molecular weight excluding hydrogens is 189 g/mol. The van der Waals surface area contributed by atoms with E-state index in [9.17, 15) is 4.39 Å². The first kappa shape index (κ1) is 10.3. The van der Waals surface area contributed by atoms with Gasteiger partial charge in [0, 0.05) is 5.56 Å². The lowest BCUT2D eigenvalue weighted by atomic mass is 9.96. The van der Waals surface area contributed by atoms with Crippen LogP contribution in [0.5, 0.6) is 0 Å². The number of allylic oxidation sites excluding steroid dienone is 2. The molecule has 0 amide bonds. The molecule has 1 nitrogen and oxygen atoms in total. The number of aromatic nitrogens is 1. The van der Waals surface area contributed by atoms with E-state index in [0.717, 1.165) is 18.5 Å². The lowest BCUT2D eigenvalue weighted by Crippen LogP contribution is -1.99. The van der Waals surface area contributed by atoms with Crippen LogP contribution in [-0.2, 0) is 6.42 Å². The molecule has 15 heavy (non-hydrogen) atoms. The van der Waals surface area contributed by atoms with Gasteiger partial charge in [0.15, 0.2) is 0 Å². The third kappa shape index (κ3) is 2.25. The molecule has 0 atom stereocenters. The van der Waals surface area contributed by atoms with E-state index >= 15 is 0 Å². The summed E-state index contributed by atoms with van der Waals surface area (Å²) < 4.78 is 13.5. The molecule has 0 aromatic carbocycles. The van der Waals surface area contributed by atoms with E-state index in [4.69, 9.17) is 0 Å². The topological polar surface area (TPSA) is 12.9 Å². The molecule has 1 aromatic heterocycles. The summed E-state index contributed by atoms with van der Waals surface area (Å²) in [5.41, 5.74) is 2.74. The summed E-state index contributed by atoms with van der Waals surface area (Å²) in [6, 6.07) is 3.80. The van der Waals surface area contributed by atoms with Crippen molar-refractivity contribution in [3.8, 4) is 0 Å². The van der Waals surface area contributed by atoms with E-state index < -0.39 is 0 Å². The molecule has 0 unspecified atom stereocenters. The first-order valence-corrected chi connectivity index (χ1v) is 5.66. The Morgan fingerprint density at radius 2 is 2.20 bits per heavy atom. The summed E-state index contributed by atoms with van der Waals surface area (Å²) in [6.07, 6.45) is 7.49. The van der Waals surface area contributed by atoms with Gasteiger partial charge in [-0.25, -0.2) is 4.98 Å². The summed E-state index contributed by atoms with van der Waals surface area (Å²) in [7, 11) is 0. The van der Waals surface area contributed by atoms with Crippen molar-refractivity contribution in [3.63, 3.8) is 0 Å². The lowest BCUT2D eigenvalue weighted by molar-refractivity contribution is 0.566. The molecule has 0 radical (unpaired) electrons. The standard InChI is InChI=1S/C13H16FN/c1-2-10-8-9-12(15-13(10)14)11-6-4-3-5-7-11/h6,8-9H,2-5,7H2,1H3. The van der Waals surface area contributed by atoms with Crippen LogP contribution in [0.4, 0.5) is 4.39 Å². The number of pyridine rings is 1. The molecule has 0 saturated carbocycles. The average molecular weight is 205 g/mol. The van der Waals surface area contributed by atoms with Crippen molar-refractivity contribution >= 4 is 5.57 Å². The smallest absolute Gasteiger partial charge is 0.216 e. The van der Waals surface area contributed by atoms with Crippen molar-refractivity contribution < 1.29 is 4.39 Å². The average Bonchev–Trinajstić information content (AvgIpc) is 2.30. The molecule has 1 aromatic rings. The van der Waals surface area contributed by atoms with Crippen molar-refractivity contribution in [2.45, 2.75) is 39.0 Å². The third-order valence-electron chi connectivity index (χ3n) is 2.93. The van der Waals surface area contributed by atoms with E-state index in [1.54, 1.807) is 0 Å². The minimum atomic E-state index is -0.304. The van der Waals surface area contributed by atoms with Crippen LogP contribution in [0.15, 0.2) is 18.2 Å². The van der Waals surface area contributed by atoms with Gasteiger partial charge < -0.3 is 0 Å². The highest BCUT2D eigenvalue weighted by molar-refractivity contribution is 5.63. The first-order chi connectivity index (χ1) is 7.31. The van der Waals surface area contributed by atoms with Gasteiger partial charge in [-0.3, -0.25) is 0 Å². The molecule has 0 aliphatic heterocycles. The van der Waals surface area contributed by atoms with Gasteiger partial charge in [0.1, 0.15) is 0 Å². The second-order valence-electron chi connectivity index (χ2n) is 3.98. The van der Waals surface area contributed by atoms with Crippen LogP contribution in [0, 0.1) is 5.95 Å². The van der Waals surface area contributed by atoms with Crippen molar-refractivity contribution in [2.24, 2.45) is 0 Å². The fourth-order valence-corrected chi connectivity index (χ4v) is 1.98. The van der Waals surface area contributed by atoms with E-state index in [1.807, 2.05) is 19.1 Å². The molecule has 2 rings (SSSR count). The molecule has 80 valence electrons. The van der Waals surface area contributed by atoms with Crippen molar-refractivity contribution in [2.75, 3.05) is 0 Å². The number of nitrogens with zero attached hydrogens (tertiary/aromatic N) is 1. The predicted octanol–water partition coefficient (Wildman–Crippen LogP) is 3.74. The highest BCUT2D eigenvalue weighted by Crippen LogP contribution is 2.25. The molecular formula is C13H16FN. The highest BCUT2D eigenvalue weighted by Gasteiger charge is 2.09. The lowest BCUT2D eigenvalue weighted by Gasteiger charge is -2.12. The van der Waals surface area contributed by atoms with Crippen LogP contribution in [0.25, 0.3) is 5.57 Å². The van der Waals surface area contributed by atoms with Gasteiger partial charge in [0.05, 0.1) is 5.69 Å². The van der Waals surface area contributed by atoms with Gasteiger partial charge in [-0.05, 0) is 43.7 Å². The summed E-state index contributed by atoms with van der Waals surface area (Å²) >= 11 is 0. The second kappa shape index (κ2) is 4.56. The predicted molar refractivity (Wildman–Crippen MR) is 60.0 cm³/mol. The van der Waals surface area contributed by atoms with E-state index in [0.29, 0.717) is 12.0 Å². The molecule has 1 aliphatic carbocycles. The first-order valence-electron chi connectivity index (χ1n) is 5.66. The van der Waals surface area contributed by atoms with Crippen LogP contribution in [0.2, 0.25) is 0 Å². The molecule has 1 heterocycles. The molecule has 1 aliphatic rings. The number of halogens is 1. The molecule has 0 spiro atoms. The SMILES string of the molecule is CCc1ccc(C2=CCCCC2)nc1F. The zero-order valence-corrected chi connectivity index (χ0v) is 9.09. The van der Waals surface area contributed by atoms with Crippen molar-refractivity contribution in [3.05, 3.63) is 35.4 Å². The summed E-state index contributed by atoms with van der Waals surface area (Å²) in [6.45, 7) is 1.94. The van der Waals surface area contributed by atoms with Crippen LogP contribution in [0.1, 0.15) is 43.9 Å². The Labute approximate surface area is 90.0 Å². The normalized spacial score (nSPS) is 16.3. The van der Waals surface area contributed by atoms with Crippen LogP contribution < -0.4 is 0 Å². The number of hydrogen-bond donors (Lipinski definition) is 0. The van der Waals surface area contributed by atoms with Crippen LogP contribution in [0.3, 0.4) is 0 Å². The van der Waals surface area contributed by atoms with Crippen LogP contribution in [-0.4, -0.2) is 4.98 Å². The summed E-state index contributed by atoms with van der Waals surface area (Å²) in [5.74, 6) is -0.304. The van der Waals surface area contributed by atoms with E-state index in [1.165, 1.54) is 18.4 Å². The Morgan fingerprint density at radius 1 is 1.33 bits per heavy atom. The zero-order valence-electron chi connectivity index (χ0n) is 9.09. The van der Waals surface area contributed by atoms with Gasteiger partial charge in [0.2, 0.25) is 5.95 Å². The van der Waals surface area contributed by atoms with E-state index in [2.05, 4.69) is 11.1 Å². The quantitative estimate of drug-likeness (QED) is 0.670. The van der Waals surface area contributed by atoms with Crippen molar-refractivity contribution in [1.29, 1.82) is 0 Å².